The molecule has 0 amide bonds. The molecule has 1 aliphatic heterocycles. The van der Waals surface area contributed by atoms with Crippen molar-refractivity contribution in [3.63, 3.8) is 0 Å². The Morgan fingerprint density at radius 1 is 1.38 bits per heavy atom. The molecule has 1 aliphatic rings. The summed E-state index contributed by atoms with van der Waals surface area (Å²) < 4.78 is 1.94. The number of hydrogen-bond donors (Lipinski definition) is 0. The third kappa shape index (κ3) is 2.47. The van der Waals surface area contributed by atoms with Crippen molar-refractivity contribution in [1.82, 2.24) is 19.7 Å². The predicted molar refractivity (Wildman–Crippen MR) is 59.9 cm³/mol. The first-order valence-electron chi connectivity index (χ1n) is 5.79. The number of hydrogen-bond acceptors (Lipinski definition) is 4. The number of piperidine rings is 1. The van der Waals surface area contributed by atoms with E-state index in [0.29, 0.717) is 24.7 Å². The Kier molecular flexibility index (Phi) is 3.33. The molecule has 0 bridgehead atoms. The summed E-state index contributed by atoms with van der Waals surface area (Å²) in [7, 11) is 0. The van der Waals surface area contributed by atoms with E-state index in [1.54, 1.807) is 6.33 Å². The second kappa shape index (κ2) is 4.74. The molecule has 88 valence electrons. The Balaban J connectivity index is 1.98. The minimum Gasteiger partial charge on any atom is -0.300 e. The van der Waals surface area contributed by atoms with Crippen LogP contribution >= 0.6 is 0 Å². The number of aromatic nitrogens is 3. The fourth-order valence-electron chi connectivity index (χ4n) is 1.98. The topological polar surface area (TPSA) is 51.0 Å². The molecule has 0 N–H and O–H groups in total. The number of carbonyl (C=O) groups is 1. The summed E-state index contributed by atoms with van der Waals surface area (Å²) >= 11 is 0. The first kappa shape index (κ1) is 11.3. The molecule has 0 saturated carbocycles. The average Bonchev–Trinajstić information content (AvgIpc) is 2.69. The lowest BCUT2D eigenvalue weighted by atomic mass is 10.1. The highest BCUT2D eigenvalue weighted by Crippen LogP contribution is 2.11. The van der Waals surface area contributed by atoms with Gasteiger partial charge in [-0.1, -0.05) is 0 Å². The molecule has 0 unspecified atom stereocenters. The lowest BCUT2D eigenvalue weighted by molar-refractivity contribution is -0.121. The van der Waals surface area contributed by atoms with Gasteiger partial charge in [0.05, 0.1) is 6.54 Å². The Labute approximate surface area is 95.5 Å². The van der Waals surface area contributed by atoms with Crippen molar-refractivity contribution in [3.8, 4) is 0 Å². The molecule has 16 heavy (non-hydrogen) atoms. The highest BCUT2D eigenvalue weighted by Gasteiger charge is 2.18. The summed E-state index contributed by atoms with van der Waals surface area (Å²) in [5.41, 5.74) is 0. The van der Waals surface area contributed by atoms with Gasteiger partial charge in [-0.05, 0) is 13.8 Å². The summed E-state index contributed by atoms with van der Waals surface area (Å²) in [4.78, 5) is 17.7. The van der Waals surface area contributed by atoms with Crippen LogP contribution in [0.25, 0.3) is 0 Å². The Morgan fingerprint density at radius 3 is 2.69 bits per heavy atom. The van der Waals surface area contributed by atoms with Crippen LogP contribution in [-0.2, 0) is 11.3 Å². The molecule has 1 fully saturated rings. The maximum atomic E-state index is 11.1. The number of Topliss-reactive ketones (excluding diaryl/α,β-unsaturated/α-hetero) is 1. The van der Waals surface area contributed by atoms with Crippen LogP contribution in [0.5, 0.6) is 0 Å². The van der Waals surface area contributed by atoms with Crippen molar-refractivity contribution in [2.45, 2.75) is 39.3 Å². The third-order valence-corrected chi connectivity index (χ3v) is 2.92. The van der Waals surface area contributed by atoms with Crippen molar-refractivity contribution in [3.05, 3.63) is 12.2 Å². The monoisotopic (exact) mass is 222 g/mol. The normalized spacial score (nSPS) is 18.3. The van der Waals surface area contributed by atoms with E-state index in [1.807, 2.05) is 4.68 Å². The lowest BCUT2D eigenvalue weighted by Crippen LogP contribution is -2.34. The van der Waals surface area contributed by atoms with E-state index in [9.17, 15) is 4.79 Å². The van der Waals surface area contributed by atoms with Crippen molar-refractivity contribution in [2.75, 3.05) is 13.1 Å². The van der Waals surface area contributed by atoms with Crippen LogP contribution in [0.4, 0.5) is 0 Å². The highest BCUT2D eigenvalue weighted by atomic mass is 16.1. The third-order valence-electron chi connectivity index (χ3n) is 2.92. The Bertz CT molecular complexity index is 362. The number of likely N-dealkylation sites (tertiary alicyclic amines) is 1. The highest BCUT2D eigenvalue weighted by molar-refractivity contribution is 5.79. The molecule has 1 aromatic rings. The van der Waals surface area contributed by atoms with E-state index < -0.39 is 0 Å². The largest absolute Gasteiger partial charge is 0.300 e. The van der Waals surface area contributed by atoms with Crippen molar-refractivity contribution in [2.24, 2.45) is 0 Å². The molecular formula is C11H18N4O. The zero-order valence-electron chi connectivity index (χ0n) is 9.89. The van der Waals surface area contributed by atoms with Crippen LogP contribution in [0.1, 0.15) is 38.6 Å². The van der Waals surface area contributed by atoms with Crippen molar-refractivity contribution in [1.29, 1.82) is 0 Å². The zero-order valence-corrected chi connectivity index (χ0v) is 9.89. The van der Waals surface area contributed by atoms with Gasteiger partial charge in [0.2, 0.25) is 0 Å². The fourth-order valence-corrected chi connectivity index (χ4v) is 1.98. The van der Waals surface area contributed by atoms with Gasteiger partial charge in [0.15, 0.2) is 0 Å². The SMILES string of the molecule is CC(C)n1ncnc1CN1CCC(=O)CC1. The Morgan fingerprint density at radius 2 is 2.06 bits per heavy atom. The van der Waals surface area contributed by atoms with Crippen LogP contribution < -0.4 is 0 Å². The van der Waals surface area contributed by atoms with Crippen LogP contribution in [0.15, 0.2) is 6.33 Å². The van der Waals surface area contributed by atoms with Crippen molar-refractivity contribution < 1.29 is 4.79 Å². The smallest absolute Gasteiger partial charge is 0.141 e. The molecule has 0 aromatic carbocycles. The zero-order chi connectivity index (χ0) is 11.5. The van der Waals surface area contributed by atoms with Gasteiger partial charge in [0, 0.05) is 32.0 Å². The number of ketones is 1. The Hall–Kier alpha value is -1.23. The molecule has 5 heteroatoms. The second-order valence-corrected chi connectivity index (χ2v) is 4.53. The van der Waals surface area contributed by atoms with E-state index >= 15 is 0 Å². The van der Waals surface area contributed by atoms with Gasteiger partial charge < -0.3 is 0 Å². The van der Waals surface area contributed by atoms with E-state index in [2.05, 4.69) is 28.8 Å². The van der Waals surface area contributed by atoms with Gasteiger partial charge in [-0.25, -0.2) is 9.67 Å². The van der Waals surface area contributed by atoms with Gasteiger partial charge in [-0.2, -0.15) is 5.10 Å². The summed E-state index contributed by atoms with van der Waals surface area (Å²) in [6, 6.07) is 0.337. The maximum absolute atomic E-state index is 11.1. The summed E-state index contributed by atoms with van der Waals surface area (Å²) in [5, 5.41) is 4.21. The molecule has 0 spiro atoms. The molecule has 0 atom stereocenters. The minimum absolute atomic E-state index is 0.337. The molecule has 2 rings (SSSR count). The van der Waals surface area contributed by atoms with E-state index in [4.69, 9.17) is 0 Å². The lowest BCUT2D eigenvalue weighted by Gasteiger charge is -2.25. The molecule has 0 aliphatic carbocycles. The van der Waals surface area contributed by atoms with E-state index in [1.165, 1.54) is 0 Å². The molecule has 5 nitrogen and oxygen atoms in total. The van der Waals surface area contributed by atoms with Gasteiger partial charge >= 0.3 is 0 Å². The van der Waals surface area contributed by atoms with E-state index in [-0.39, 0.29) is 0 Å². The first-order valence-corrected chi connectivity index (χ1v) is 5.79. The van der Waals surface area contributed by atoms with Gasteiger partial charge in [-0.3, -0.25) is 9.69 Å². The summed E-state index contributed by atoms with van der Waals surface area (Å²) in [5.74, 6) is 1.37. The summed E-state index contributed by atoms with van der Waals surface area (Å²) in [6.07, 6.45) is 2.95. The predicted octanol–water partition coefficient (Wildman–Crippen LogP) is 1.02. The number of nitrogens with zero attached hydrogens (tertiary/aromatic N) is 4. The fraction of sp³-hybridized carbons (Fsp3) is 0.727. The number of rotatable bonds is 3. The molecule has 2 heterocycles. The van der Waals surface area contributed by atoms with Crippen LogP contribution in [0.3, 0.4) is 0 Å². The minimum atomic E-state index is 0.337. The quantitative estimate of drug-likeness (QED) is 0.766. The average molecular weight is 222 g/mol. The molecule has 0 radical (unpaired) electrons. The standard InChI is InChI=1S/C11H18N4O/c1-9(2)15-11(12-8-13-15)7-14-5-3-10(16)4-6-14/h8-9H,3-7H2,1-2H3. The molecule has 1 aromatic heterocycles. The molecular weight excluding hydrogens is 204 g/mol. The summed E-state index contributed by atoms with van der Waals surface area (Å²) in [6.45, 7) is 6.69. The van der Waals surface area contributed by atoms with Crippen LogP contribution in [0.2, 0.25) is 0 Å². The van der Waals surface area contributed by atoms with Crippen LogP contribution in [0, 0.1) is 0 Å². The van der Waals surface area contributed by atoms with E-state index in [0.717, 1.165) is 25.5 Å². The van der Waals surface area contributed by atoms with Gasteiger partial charge in [0.1, 0.15) is 17.9 Å². The first-order chi connectivity index (χ1) is 7.66. The molecule has 1 saturated heterocycles. The van der Waals surface area contributed by atoms with Gasteiger partial charge in [0.25, 0.3) is 0 Å². The maximum Gasteiger partial charge on any atom is 0.141 e. The van der Waals surface area contributed by atoms with Gasteiger partial charge in [-0.15, -0.1) is 0 Å². The van der Waals surface area contributed by atoms with Crippen LogP contribution in [-0.4, -0.2) is 38.5 Å². The number of carbonyl (C=O) groups excluding carboxylic acids is 1. The van der Waals surface area contributed by atoms with Crippen molar-refractivity contribution >= 4 is 5.78 Å². The second-order valence-electron chi connectivity index (χ2n) is 4.53.